The highest BCUT2D eigenvalue weighted by Gasteiger charge is 1.81. The van der Waals surface area contributed by atoms with Crippen LogP contribution in [0.5, 0.6) is 0 Å². The highest BCUT2D eigenvalue weighted by atomic mass is 16.2. The van der Waals surface area contributed by atoms with E-state index in [4.69, 9.17) is 10.2 Å². The Labute approximate surface area is 134 Å². The van der Waals surface area contributed by atoms with Gasteiger partial charge in [0.1, 0.15) is 0 Å². The van der Waals surface area contributed by atoms with Crippen LogP contribution >= 0.6 is 0 Å². The van der Waals surface area contributed by atoms with Crippen LogP contribution in [0.1, 0.15) is 27.7 Å². The molecule has 0 aliphatic heterocycles. The number of allylic oxidation sites excluding steroid dienone is 14. The Morgan fingerprint density at radius 3 is 1.14 bits per heavy atom. The van der Waals surface area contributed by atoms with Crippen molar-refractivity contribution in [1.29, 1.82) is 0 Å². The predicted octanol–water partition coefficient (Wildman–Crippen LogP) is 6.03. The van der Waals surface area contributed by atoms with Crippen LogP contribution in [0.15, 0.2) is 95.6 Å². The van der Waals surface area contributed by atoms with Crippen LogP contribution < -0.4 is 0 Å². The van der Waals surface area contributed by atoms with Crippen LogP contribution in [-0.4, -0.2) is 10.2 Å². The normalized spacial score (nSPS) is 16.0. The second-order valence-electron chi connectivity index (χ2n) is 5.00. The van der Waals surface area contributed by atoms with E-state index in [0.29, 0.717) is 0 Å². The second kappa shape index (κ2) is 12.3. The highest BCUT2D eigenvalue weighted by Crippen LogP contribution is 2.01. The molecular weight excluding hydrogens is 272 g/mol. The van der Waals surface area contributed by atoms with E-state index in [-0.39, 0.29) is 0 Å². The maximum absolute atomic E-state index is 8.75. The monoisotopic (exact) mass is 298 g/mol. The molecule has 0 amide bonds. The minimum atomic E-state index is 0.813. The van der Waals surface area contributed by atoms with Gasteiger partial charge in [0.15, 0.2) is 0 Å². The lowest BCUT2D eigenvalue weighted by Crippen LogP contribution is -1.69. The summed E-state index contributed by atoms with van der Waals surface area (Å²) in [5.74, 6) is 0. The molecule has 118 valence electrons. The molecular formula is C20H26O2. The van der Waals surface area contributed by atoms with Crippen LogP contribution in [0.2, 0.25) is 0 Å². The number of aliphatic hydroxyl groups excluding tert-OH is 2. The van der Waals surface area contributed by atoms with Gasteiger partial charge in [0.05, 0.1) is 12.5 Å². The summed E-state index contributed by atoms with van der Waals surface area (Å²) in [6.07, 6.45) is 21.6. The second-order valence-corrected chi connectivity index (χ2v) is 5.00. The van der Waals surface area contributed by atoms with E-state index in [2.05, 4.69) is 0 Å². The van der Waals surface area contributed by atoms with Gasteiger partial charge < -0.3 is 10.2 Å². The minimum Gasteiger partial charge on any atom is -0.515 e. The lowest BCUT2D eigenvalue weighted by molar-refractivity contribution is 0.469. The highest BCUT2D eigenvalue weighted by molar-refractivity contribution is 5.30. The van der Waals surface area contributed by atoms with Crippen molar-refractivity contribution in [3.05, 3.63) is 95.6 Å². The topological polar surface area (TPSA) is 40.5 Å². The maximum atomic E-state index is 8.75. The Morgan fingerprint density at radius 2 is 0.818 bits per heavy atom. The summed E-state index contributed by atoms with van der Waals surface area (Å²) in [7, 11) is 0. The van der Waals surface area contributed by atoms with E-state index >= 15 is 0 Å². The molecule has 0 saturated heterocycles. The van der Waals surface area contributed by atoms with Crippen LogP contribution in [0.3, 0.4) is 0 Å². The summed E-state index contributed by atoms with van der Waals surface area (Å²) in [6.45, 7) is 7.70. The third-order valence-electron chi connectivity index (χ3n) is 2.67. The first-order chi connectivity index (χ1) is 10.5. The Morgan fingerprint density at radius 1 is 0.500 bits per heavy atom. The standard InChI is InChI=1S/C20H26O2/c1-17(11-7-13-19(3)15-21)9-5-6-10-18(2)12-8-14-20(4)16-22/h5-16,21-22H,1-4H3/b9-5+,10-6+,13-7+,14-8+,17-11+,18-12+,19-15-,20-16-. The molecule has 0 atom stereocenters. The lowest BCUT2D eigenvalue weighted by Gasteiger charge is -1.90. The van der Waals surface area contributed by atoms with Gasteiger partial charge in [-0.25, -0.2) is 0 Å². The van der Waals surface area contributed by atoms with Gasteiger partial charge in [-0.2, -0.15) is 0 Å². The molecule has 0 spiro atoms. The van der Waals surface area contributed by atoms with E-state index in [1.54, 1.807) is 0 Å². The van der Waals surface area contributed by atoms with Crippen molar-refractivity contribution in [1.82, 2.24) is 0 Å². The number of rotatable bonds is 7. The average Bonchev–Trinajstić information content (AvgIpc) is 2.51. The van der Waals surface area contributed by atoms with Crippen molar-refractivity contribution in [3.8, 4) is 0 Å². The van der Waals surface area contributed by atoms with Gasteiger partial charge in [-0.05, 0) is 38.8 Å². The fourth-order valence-electron chi connectivity index (χ4n) is 1.32. The zero-order valence-electron chi connectivity index (χ0n) is 13.8. The fraction of sp³-hybridized carbons (Fsp3) is 0.200. The number of hydrogen-bond acceptors (Lipinski definition) is 2. The van der Waals surface area contributed by atoms with Crippen LogP contribution in [0.4, 0.5) is 0 Å². The van der Waals surface area contributed by atoms with E-state index in [9.17, 15) is 0 Å². The van der Waals surface area contributed by atoms with Crippen LogP contribution in [-0.2, 0) is 0 Å². The van der Waals surface area contributed by atoms with Crippen LogP contribution in [0, 0.1) is 0 Å². The van der Waals surface area contributed by atoms with Gasteiger partial charge >= 0.3 is 0 Å². The molecule has 0 saturated carbocycles. The molecule has 0 aliphatic carbocycles. The van der Waals surface area contributed by atoms with Crippen molar-refractivity contribution in [3.63, 3.8) is 0 Å². The molecule has 0 aromatic rings. The molecule has 22 heavy (non-hydrogen) atoms. The summed E-state index contributed by atoms with van der Waals surface area (Å²) >= 11 is 0. The first kappa shape index (κ1) is 19.5. The maximum Gasteiger partial charge on any atom is 0.0820 e. The molecule has 2 nitrogen and oxygen atoms in total. The molecule has 0 unspecified atom stereocenters. The third-order valence-corrected chi connectivity index (χ3v) is 2.67. The quantitative estimate of drug-likeness (QED) is 0.445. The first-order valence-corrected chi connectivity index (χ1v) is 7.16. The Hall–Kier alpha value is -2.48. The van der Waals surface area contributed by atoms with Gasteiger partial charge in [0.25, 0.3) is 0 Å². The van der Waals surface area contributed by atoms with Crippen molar-refractivity contribution < 1.29 is 10.2 Å². The molecule has 0 aromatic carbocycles. The van der Waals surface area contributed by atoms with E-state index in [1.165, 1.54) is 0 Å². The molecule has 2 N–H and O–H groups in total. The Balaban J connectivity index is 4.47. The summed E-state index contributed by atoms with van der Waals surface area (Å²) in [5.41, 5.74) is 3.87. The van der Waals surface area contributed by atoms with Gasteiger partial charge in [0, 0.05) is 0 Å². The summed E-state index contributed by atoms with van der Waals surface area (Å²) in [5, 5.41) is 17.5. The van der Waals surface area contributed by atoms with E-state index in [0.717, 1.165) is 34.8 Å². The molecule has 0 radical (unpaired) electrons. The molecule has 0 fully saturated rings. The predicted molar refractivity (Wildman–Crippen MR) is 96.8 cm³/mol. The molecule has 0 rings (SSSR count). The van der Waals surface area contributed by atoms with Crippen molar-refractivity contribution in [2.75, 3.05) is 0 Å². The lowest BCUT2D eigenvalue weighted by atomic mass is 10.2. The van der Waals surface area contributed by atoms with E-state index < -0.39 is 0 Å². The summed E-state index contributed by atoms with van der Waals surface area (Å²) in [4.78, 5) is 0. The van der Waals surface area contributed by atoms with Gasteiger partial charge in [-0.1, -0.05) is 71.9 Å². The first-order valence-electron chi connectivity index (χ1n) is 7.16. The Kier molecular flexibility index (Phi) is 10.9. The van der Waals surface area contributed by atoms with Gasteiger partial charge in [-0.15, -0.1) is 0 Å². The zero-order valence-corrected chi connectivity index (χ0v) is 13.8. The third kappa shape index (κ3) is 11.4. The SMILES string of the molecule is CC(=C/O)/C=C/C=C(C)/C=C/C=C/C(C)=C/C=C/C(C)=C\O. The molecule has 2 heteroatoms. The Bertz CT molecular complexity index is 511. The number of aliphatic hydroxyl groups is 2. The molecule has 0 bridgehead atoms. The van der Waals surface area contributed by atoms with Crippen molar-refractivity contribution >= 4 is 0 Å². The largest absolute Gasteiger partial charge is 0.515 e. The smallest absolute Gasteiger partial charge is 0.0820 e. The van der Waals surface area contributed by atoms with Crippen molar-refractivity contribution in [2.24, 2.45) is 0 Å². The minimum absolute atomic E-state index is 0.813. The number of hydrogen-bond donors (Lipinski definition) is 2. The zero-order chi connectivity index (χ0) is 16.8. The van der Waals surface area contributed by atoms with E-state index in [1.807, 2.05) is 88.5 Å². The molecule has 0 heterocycles. The molecule has 0 aliphatic rings. The summed E-state index contributed by atoms with van der Waals surface area (Å²) < 4.78 is 0. The molecule has 0 aromatic heterocycles. The summed E-state index contributed by atoms with van der Waals surface area (Å²) in [6, 6.07) is 0. The average molecular weight is 298 g/mol. The fourth-order valence-corrected chi connectivity index (χ4v) is 1.32. The van der Waals surface area contributed by atoms with Crippen molar-refractivity contribution in [2.45, 2.75) is 27.7 Å². The van der Waals surface area contributed by atoms with Gasteiger partial charge in [0.2, 0.25) is 0 Å². The van der Waals surface area contributed by atoms with Gasteiger partial charge in [-0.3, -0.25) is 0 Å². The van der Waals surface area contributed by atoms with Crippen LogP contribution in [0.25, 0.3) is 0 Å².